The Bertz CT molecular complexity index is 536. The molecule has 2 atom stereocenters. The van der Waals surface area contributed by atoms with Crippen LogP contribution in [0.2, 0.25) is 0 Å². The summed E-state index contributed by atoms with van der Waals surface area (Å²) in [5.74, 6) is 0. The van der Waals surface area contributed by atoms with Gasteiger partial charge in [0.15, 0.2) is 0 Å². The molecule has 0 radical (unpaired) electrons. The molecule has 0 aliphatic carbocycles. The van der Waals surface area contributed by atoms with E-state index >= 15 is 0 Å². The van der Waals surface area contributed by atoms with Crippen molar-refractivity contribution < 1.29 is 5.11 Å². The van der Waals surface area contributed by atoms with E-state index in [0.29, 0.717) is 13.0 Å². The number of aliphatic hydroxyl groups is 1. The van der Waals surface area contributed by atoms with Crippen molar-refractivity contribution in [3.63, 3.8) is 0 Å². The number of hydrogen-bond donors (Lipinski definition) is 2. The standard InChI is InChI=1S/C19H26N2O.ClH/c1-21(13-12-16-8-4-2-5-9-16)15-19(22)18(20)14-17-10-6-3-7-11-17;/h2-11,18-19,22H,12-15,20H2,1H3;1H/t18-,19+;/m1./s1. The molecule has 0 heterocycles. The van der Waals surface area contributed by atoms with Gasteiger partial charge in [-0.2, -0.15) is 0 Å². The molecule has 0 amide bonds. The third-order valence-electron chi connectivity index (χ3n) is 3.93. The Morgan fingerprint density at radius 2 is 1.48 bits per heavy atom. The van der Waals surface area contributed by atoms with Gasteiger partial charge in [-0.05, 0) is 31.0 Å². The molecule has 0 unspecified atom stereocenters. The second-order valence-electron chi connectivity index (χ2n) is 5.92. The van der Waals surface area contributed by atoms with Crippen LogP contribution in [0.5, 0.6) is 0 Å². The summed E-state index contributed by atoms with van der Waals surface area (Å²) in [6.45, 7) is 1.51. The maximum Gasteiger partial charge on any atom is 0.0820 e. The average molecular weight is 335 g/mol. The van der Waals surface area contributed by atoms with Crippen LogP contribution in [-0.2, 0) is 12.8 Å². The van der Waals surface area contributed by atoms with Gasteiger partial charge in [-0.3, -0.25) is 0 Å². The van der Waals surface area contributed by atoms with Crippen LogP contribution in [0.3, 0.4) is 0 Å². The minimum atomic E-state index is -0.513. The number of likely N-dealkylation sites (N-methyl/N-ethyl adjacent to an activating group) is 1. The zero-order valence-electron chi connectivity index (χ0n) is 13.6. The second-order valence-corrected chi connectivity index (χ2v) is 5.92. The summed E-state index contributed by atoms with van der Waals surface area (Å²) in [5.41, 5.74) is 8.61. The summed E-state index contributed by atoms with van der Waals surface area (Å²) in [4.78, 5) is 2.14. The average Bonchev–Trinajstić information content (AvgIpc) is 2.55. The number of halogens is 1. The van der Waals surface area contributed by atoms with Crippen LogP contribution in [0.4, 0.5) is 0 Å². The Morgan fingerprint density at radius 3 is 2.04 bits per heavy atom. The molecule has 2 aromatic rings. The van der Waals surface area contributed by atoms with E-state index in [9.17, 15) is 5.11 Å². The van der Waals surface area contributed by atoms with E-state index in [0.717, 1.165) is 13.0 Å². The van der Waals surface area contributed by atoms with Crippen molar-refractivity contribution in [2.45, 2.75) is 25.0 Å². The van der Waals surface area contributed by atoms with Crippen LogP contribution in [0.1, 0.15) is 11.1 Å². The van der Waals surface area contributed by atoms with E-state index in [1.54, 1.807) is 0 Å². The van der Waals surface area contributed by atoms with Gasteiger partial charge in [0, 0.05) is 19.1 Å². The fourth-order valence-corrected chi connectivity index (χ4v) is 2.53. The monoisotopic (exact) mass is 334 g/mol. The zero-order valence-corrected chi connectivity index (χ0v) is 14.5. The lowest BCUT2D eigenvalue weighted by Crippen LogP contribution is -2.44. The Kier molecular flexibility index (Phi) is 8.89. The molecule has 0 aromatic heterocycles. The molecule has 0 aliphatic rings. The lowest BCUT2D eigenvalue weighted by atomic mass is 10.0. The van der Waals surface area contributed by atoms with Gasteiger partial charge in [-0.1, -0.05) is 60.7 Å². The van der Waals surface area contributed by atoms with Gasteiger partial charge in [0.1, 0.15) is 0 Å². The highest BCUT2D eigenvalue weighted by Gasteiger charge is 2.17. The topological polar surface area (TPSA) is 49.5 Å². The molecule has 4 heteroatoms. The van der Waals surface area contributed by atoms with E-state index in [1.807, 2.05) is 43.4 Å². The van der Waals surface area contributed by atoms with Crippen LogP contribution in [-0.4, -0.2) is 42.3 Å². The minimum Gasteiger partial charge on any atom is -0.390 e. The van der Waals surface area contributed by atoms with Gasteiger partial charge in [-0.25, -0.2) is 0 Å². The first-order chi connectivity index (χ1) is 10.6. The number of aliphatic hydroxyl groups excluding tert-OH is 1. The molecule has 0 saturated heterocycles. The van der Waals surface area contributed by atoms with Gasteiger partial charge >= 0.3 is 0 Å². The van der Waals surface area contributed by atoms with Crippen molar-refractivity contribution in [3.8, 4) is 0 Å². The molecule has 3 N–H and O–H groups in total. The summed E-state index contributed by atoms with van der Waals surface area (Å²) in [6, 6.07) is 20.2. The molecule has 126 valence electrons. The predicted molar refractivity (Wildman–Crippen MR) is 99.0 cm³/mol. The predicted octanol–water partition coefficient (Wildman–Crippen LogP) is 2.51. The molecule has 0 aliphatic heterocycles. The van der Waals surface area contributed by atoms with Crippen molar-refractivity contribution in [3.05, 3.63) is 71.8 Å². The molecule has 3 nitrogen and oxygen atoms in total. The molecule has 2 rings (SSSR count). The maximum atomic E-state index is 10.3. The van der Waals surface area contributed by atoms with Gasteiger partial charge in [-0.15, -0.1) is 12.4 Å². The lowest BCUT2D eigenvalue weighted by Gasteiger charge is -2.25. The van der Waals surface area contributed by atoms with E-state index in [2.05, 4.69) is 29.2 Å². The summed E-state index contributed by atoms with van der Waals surface area (Å²) >= 11 is 0. The number of rotatable bonds is 8. The molecule has 0 spiro atoms. The van der Waals surface area contributed by atoms with Crippen molar-refractivity contribution in [1.29, 1.82) is 0 Å². The molecular formula is C19H27ClN2O. The van der Waals surface area contributed by atoms with Crippen molar-refractivity contribution >= 4 is 12.4 Å². The highest BCUT2D eigenvalue weighted by Crippen LogP contribution is 2.06. The first-order valence-corrected chi connectivity index (χ1v) is 7.85. The molecule has 2 aromatic carbocycles. The quantitative estimate of drug-likeness (QED) is 0.780. The number of benzene rings is 2. The highest BCUT2D eigenvalue weighted by atomic mass is 35.5. The molecule has 23 heavy (non-hydrogen) atoms. The normalized spacial score (nSPS) is 13.4. The number of nitrogens with two attached hydrogens (primary N) is 1. The molecule has 0 bridgehead atoms. The fourth-order valence-electron chi connectivity index (χ4n) is 2.53. The van der Waals surface area contributed by atoms with Crippen LogP contribution < -0.4 is 5.73 Å². The van der Waals surface area contributed by atoms with E-state index in [4.69, 9.17) is 5.73 Å². The zero-order chi connectivity index (χ0) is 15.8. The summed E-state index contributed by atoms with van der Waals surface area (Å²) in [5, 5.41) is 10.3. The molecule has 0 saturated carbocycles. The van der Waals surface area contributed by atoms with Crippen LogP contribution in [0.25, 0.3) is 0 Å². The molecular weight excluding hydrogens is 308 g/mol. The maximum absolute atomic E-state index is 10.3. The highest BCUT2D eigenvalue weighted by molar-refractivity contribution is 5.85. The van der Waals surface area contributed by atoms with Crippen LogP contribution in [0.15, 0.2) is 60.7 Å². The van der Waals surface area contributed by atoms with E-state index < -0.39 is 6.10 Å². The van der Waals surface area contributed by atoms with Crippen molar-refractivity contribution in [2.75, 3.05) is 20.1 Å². The van der Waals surface area contributed by atoms with Gasteiger partial charge in [0.2, 0.25) is 0 Å². The van der Waals surface area contributed by atoms with Gasteiger partial charge in [0.25, 0.3) is 0 Å². The number of hydrogen-bond acceptors (Lipinski definition) is 3. The third kappa shape index (κ3) is 7.14. The Morgan fingerprint density at radius 1 is 0.957 bits per heavy atom. The lowest BCUT2D eigenvalue weighted by molar-refractivity contribution is 0.102. The fraction of sp³-hybridized carbons (Fsp3) is 0.368. The smallest absolute Gasteiger partial charge is 0.0820 e. The third-order valence-corrected chi connectivity index (χ3v) is 3.93. The first-order valence-electron chi connectivity index (χ1n) is 7.85. The Balaban J connectivity index is 0.00000264. The molecule has 0 fully saturated rings. The van der Waals surface area contributed by atoms with E-state index in [1.165, 1.54) is 11.1 Å². The van der Waals surface area contributed by atoms with Crippen LogP contribution >= 0.6 is 12.4 Å². The van der Waals surface area contributed by atoms with Gasteiger partial charge < -0.3 is 15.7 Å². The van der Waals surface area contributed by atoms with Crippen molar-refractivity contribution in [1.82, 2.24) is 4.90 Å². The summed E-state index contributed by atoms with van der Waals surface area (Å²) in [6.07, 6.45) is 1.17. The van der Waals surface area contributed by atoms with Gasteiger partial charge in [0.05, 0.1) is 6.10 Å². The largest absolute Gasteiger partial charge is 0.390 e. The minimum absolute atomic E-state index is 0. The SMILES string of the molecule is CN(CCc1ccccc1)C[C@H](O)[C@H](N)Cc1ccccc1.Cl. The second kappa shape index (κ2) is 10.4. The summed E-state index contributed by atoms with van der Waals surface area (Å²) < 4.78 is 0. The van der Waals surface area contributed by atoms with Crippen molar-refractivity contribution in [2.24, 2.45) is 5.73 Å². The number of nitrogens with zero attached hydrogens (tertiary/aromatic N) is 1. The summed E-state index contributed by atoms with van der Waals surface area (Å²) in [7, 11) is 2.03. The van der Waals surface area contributed by atoms with E-state index in [-0.39, 0.29) is 18.4 Å². The Labute approximate surface area is 145 Å². The Hall–Kier alpha value is -1.39. The first kappa shape index (κ1) is 19.7. The van der Waals surface area contributed by atoms with Crippen LogP contribution in [0, 0.1) is 0 Å².